The summed E-state index contributed by atoms with van der Waals surface area (Å²) in [6.07, 6.45) is 0. The molecule has 0 bridgehead atoms. The maximum Gasteiger partial charge on any atom is 0.153 e. The molecule has 0 aromatic heterocycles. The zero-order chi connectivity index (χ0) is 8.59. The minimum Gasteiger partial charge on any atom is -0.205 e. The van der Waals surface area contributed by atoms with Crippen LogP contribution in [-0.4, -0.2) is 0 Å². The first kappa shape index (κ1) is 9.42. The maximum absolute atomic E-state index is 12.8. The van der Waals surface area contributed by atoms with E-state index in [4.69, 9.17) is 11.6 Å². The highest BCUT2D eigenvalue weighted by molar-refractivity contribution is 9.11. The minimum absolute atomic E-state index is 0.0475. The van der Waals surface area contributed by atoms with Crippen molar-refractivity contribution in [1.29, 1.82) is 0 Å². The third kappa shape index (κ3) is 1.73. The quantitative estimate of drug-likeness (QED) is 0.499. The Morgan fingerprint density at radius 3 is 2.36 bits per heavy atom. The third-order valence-electron chi connectivity index (χ3n) is 1.06. The summed E-state index contributed by atoms with van der Waals surface area (Å²) in [6.45, 7) is 0. The number of hydrogen-bond acceptors (Lipinski definition) is 0. The van der Waals surface area contributed by atoms with Crippen LogP contribution in [0.2, 0.25) is 5.02 Å². The topological polar surface area (TPSA) is 0 Å². The van der Waals surface area contributed by atoms with E-state index in [1.807, 2.05) is 0 Å². The summed E-state index contributed by atoms with van der Waals surface area (Å²) in [6, 6.07) is 0.975. The highest BCUT2D eigenvalue weighted by atomic mass is 79.9. The lowest BCUT2D eigenvalue weighted by molar-refractivity contribution is 0.589. The van der Waals surface area contributed by atoms with E-state index in [0.29, 0.717) is 0 Å². The lowest BCUT2D eigenvalue weighted by atomic mass is 10.3. The van der Waals surface area contributed by atoms with Gasteiger partial charge in [-0.1, -0.05) is 11.6 Å². The second-order valence-corrected chi connectivity index (χ2v) is 3.81. The van der Waals surface area contributed by atoms with Crippen LogP contribution in [-0.2, 0) is 0 Å². The molecule has 1 aromatic rings. The number of benzene rings is 1. The van der Waals surface area contributed by atoms with Gasteiger partial charge in [0.15, 0.2) is 5.82 Å². The van der Waals surface area contributed by atoms with Gasteiger partial charge in [-0.2, -0.15) is 0 Å². The van der Waals surface area contributed by atoms with E-state index in [1.54, 1.807) is 0 Å². The molecule has 0 aliphatic carbocycles. The molecule has 0 N–H and O–H groups in total. The second-order valence-electron chi connectivity index (χ2n) is 1.78. The molecule has 0 aliphatic heterocycles. The molecule has 0 nitrogen and oxygen atoms in total. The van der Waals surface area contributed by atoms with Crippen molar-refractivity contribution < 1.29 is 8.78 Å². The van der Waals surface area contributed by atoms with Gasteiger partial charge in [-0.05, 0) is 37.9 Å². The van der Waals surface area contributed by atoms with Crippen molar-refractivity contribution in [2.45, 2.75) is 0 Å². The van der Waals surface area contributed by atoms with Gasteiger partial charge in [0.25, 0.3) is 0 Å². The molecule has 0 unspecified atom stereocenters. The van der Waals surface area contributed by atoms with Crippen molar-refractivity contribution in [3.8, 4) is 0 Å². The Morgan fingerprint density at radius 2 is 1.82 bits per heavy atom. The second kappa shape index (κ2) is 3.37. The summed E-state index contributed by atoms with van der Waals surface area (Å²) in [5.74, 6) is -1.26. The summed E-state index contributed by atoms with van der Waals surface area (Å²) < 4.78 is 25.5. The summed E-state index contributed by atoms with van der Waals surface area (Å²) in [7, 11) is 0. The van der Waals surface area contributed by atoms with Gasteiger partial charge in [0.1, 0.15) is 5.82 Å². The molecule has 0 saturated heterocycles. The van der Waals surface area contributed by atoms with Crippen molar-refractivity contribution >= 4 is 43.5 Å². The van der Waals surface area contributed by atoms with E-state index >= 15 is 0 Å². The van der Waals surface area contributed by atoms with Gasteiger partial charge in [0, 0.05) is 0 Å². The van der Waals surface area contributed by atoms with Crippen LogP contribution in [0.3, 0.4) is 0 Å². The van der Waals surface area contributed by atoms with Crippen LogP contribution in [0, 0.1) is 11.6 Å². The van der Waals surface area contributed by atoms with Crippen LogP contribution in [0.4, 0.5) is 8.78 Å². The summed E-state index contributed by atoms with van der Waals surface area (Å²) in [5.41, 5.74) is 0. The molecule has 0 amide bonds. The first-order valence-corrected chi connectivity index (χ1v) is 4.49. The molecule has 0 aliphatic rings. The van der Waals surface area contributed by atoms with Crippen LogP contribution in [0.15, 0.2) is 15.0 Å². The summed E-state index contributed by atoms with van der Waals surface area (Å²) in [4.78, 5) is 0. The Bertz CT molecular complexity index is 275. The molecular formula is C6HBr2ClF2. The average Bonchev–Trinajstić information content (AvgIpc) is 1.97. The molecule has 5 heteroatoms. The zero-order valence-electron chi connectivity index (χ0n) is 4.97. The Kier molecular flexibility index (Phi) is 2.89. The van der Waals surface area contributed by atoms with Gasteiger partial charge in [-0.3, -0.25) is 0 Å². The van der Waals surface area contributed by atoms with E-state index in [-0.39, 0.29) is 14.0 Å². The molecule has 0 radical (unpaired) electrons. The average molecular weight is 306 g/mol. The van der Waals surface area contributed by atoms with Crippen LogP contribution < -0.4 is 0 Å². The molecular weight excluding hydrogens is 305 g/mol. The third-order valence-corrected chi connectivity index (χ3v) is 2.98. The van der Waals surface area contributed by atoms with E-state index in [9.17, 15) is 8.78 Å². The molecule has 0 saturated carbocycles. The number of hydrogen-bond donors (Lipinski definition) is 0. The first-order chi connectivity index (χ1) is 5.04. The fourth-order valence-electron chi connectivity index (χ4n) is 0.544. The van der Waals surface area contributed by atoms with Crippen molar-refractivity contribution in [2.75, 3.05) is 0 Å². The van der Waals surface area contributed by atoms with Gasteiger partial charge in [0.05, 0.1) is 14.0 Å². The molecule has 1 rings (SSSR count). The van der Waals surface area contributed by atoms with Gasteiger partial charge >= 0.3 is 0 Å². The maximum atomic E-state index is 12.8. The van der Waals surface area contributed by atoms with E-state index in [0.717, 1.165) is 6.07 Å². The van der Waals surface area contributed by atoms with E-state index in [1.165, 1.54) is 0 Å². The zero-order valence-corrected chi connectivity index (χ0v) is 8.90. The number of halogens is 5. The largest absolute Gasteiger partial charge is 0.205 e. The lowest BCUT2D eigenvalue weighted by Gasteiger charge is -2.00. The van der Waals surface area contributed by atoms with Crippen molar-refractivity contribution in [1.82, 2.24) is 0 Å². The van der Waals surface area contributed by atoms with Gasteiger partial charge in [0.2, 0.25) is 0 Å². The number of rotatable bonds is 0. The Labute approximate surface area is 83.8 Å². The fraction of sp³-hybridized carbons (Fsp3) is 0. The van der Waals surface area contributed by atoms with E-state index in [2.05, 4.69) is 31.9 Å². The van der Waals surface area contributed by atoms with Crippen LogP contribution in [0.25, 0.3) is 0 Å². The first-order valence-electron chi connectivity index (χ1n) is 2.52. The van der Waals surface area contributed by atoms with Crippen molar-refractivity contribution in [2.24, 2.45) is 0 Å². The smallest absolute Gasteiger partial charge is 0.153 e. The predicted molar refractivity (Wildman–Crippen MR) is 46.8 cm³/mol. The monoisotopic (exact) mass is 304 g/mol. The van der Waals surface area contributed by atoms with Crippen LogP contribution in [0.1, 0.15) is 0 Å². The summed E-state index contributed by atoms with van der Waals surface area (Å²) in [5, 5.41) is -0.245. The van der Waals surface area contributed by atoms with Crippen molar-refractivity contribution in [3.63, 3.8) is 0 Å². The standard InChI is InChI=1S/C6HBr2ClF2/c7-2-1-3(10)5(9)4(8)6(2)11/h1H. The normalized spacial score (nSPS) is 10.3. The molecule has 0 fully saturated rings. The minimum atomic E-state index is -0.660. The molecule has 0 heterocycles. The molecule has 0 spiro atoms. The molecule has 0 atom stereocenters. The van der Waals surface area contributed by atoms with Crippen LogP contribution >= 0.6 is 43.5 Å². The van der Waals surface area contributed by atoms with Gasteiger partial charge < -0.3 is 0 Å². The highest BCUT2D eigenvalue weighted by Gasteiger charge is 2.12. The molecule has 11 heavy (non-hydrogen) atoms. The van der Waals surface area contributed by atoms with Gasteiger partial charge in [-0.15, -0.1) is 0 Å². The van der Waals surface area contributed by atoms with Crippen LogP contribution in [0.5, 0.6) is 0 Å². The lowest BCUT2D eigenvalue weighted by Crippen LogP contribution is -1.85. The summed E-state index contributed by atoms with van der Waals surface area (Å²) >= 11 is 11.0. The van der Waals surface area contributed by atoms with Crippen molar-refractivity contribution in [3.05, 3.63) is 31.7 Å². The van der Waals surface area contributed by atoms with E-state index < -0.39 is 11.6 Å². The SMILES string of the molecule is Fc1cc(Br)c(F)c(Br)c1Cl. The highest BCUT2D eigenvalue weighted by Crippen LogP contribution is 2.32. The van der Waals surface area contributed by atoms with Gasteiger partial charge in [-0.25, -0.2) is 8.78 Å². The molecule has 60 valence electrons. The fourth-order valence-corrected chi connectivity index (χ4v) is 1.75. The Morgan fingerprint density at radius 1 is 1.27 bits per heavy atom. The Hall–Kier alpha value is 0.330. The predicted octanol–water partition coefficient (Wildman–Crippen LogP) is 4.14. The molecule has 1 aromatic carbocycles. The Balaban J connectivity index is 3.46.